The number of pyridine rings is 1. The van der Waals surface area contributed by atoms with Crippen LogP contribution in [-0.4, -0.2) is 24.3 Å². The number of benzene rings is 2. The largest absolute Gasteiger partial charge is 0.497 e. The fourth-order valence-electron chi connectivity index (χ4n) is 2.56. The van der Waals surface area contributed by atoms with Crippen molar-refractivity contribution in [3.8, 4) is 33.9 Å². The average molecular weight is 321 g/mol. The number of aliphatic hydroxyl groups is 1. The first-order valence-electron chi connectivity index (χ1n) is 7.65. The minimum absolute atomic E-state index is 0.0912. The normalized spacial score (nSPS) is 10.5. The zero-order chi connectivity index (χ0) is 16.9. The van der Waals surface area contributed by atoms with Gasteiger partial charge in [-0.2, -0.15) is 0 Å². The van der Waals surface area contributed by atoms with Gasteiger partial charge in [0.15, 0.2) is 0 Å². The molecule has 0 fully saturated rings. The molecule has 1 heterocycles. The molecule has 3 rings (SSSR count). The van der Waals surface area contributed by atoms with Gasteiger partial charge in [0.05, 0.1) is 32.2 Å². The van der Waals surface area contributed by atoms with Crippen LogP contribution in [0, 0.1) is 0 Å². The predicted octanol–water partition coefficient (Wildman–Crippen LogP) is 3.93. The molecule has 24 heavy (non-hydrogen) atoms. The number of aliphatic hydroxyl groups excluding tert-OH is 1. The number of aromatic nitrogens is 1. The highest BCUT2D eigenvalue weighted by Gasteiger charge is 2.11. The molecule has 0 saturated carbocycles. The number of rotatable bonds is 5. The molecule has 0 atom stereocenters. The van der Waals surface area contributed by atoms with Crippen molar-refractivity contribution in [3.05, 3.63) is 66.4 Å². The lowest BCUT2D eigenvalue weighted by molar-refractivity contribution is 0.277. The van der Waals surface area contributed by atoms with Crippen LogP contribution in [0.25, 0.3) is 22.4 Å². The van der Waals surface area contributed by atoms with Crippen LogP contribution in [0.1, 0.15) is 5.69 Å². The maximum absolute atomic E-state index is 9.42. The molecule has 0 spiro atoms. The van der Waals surface area contributed by atoms with E-state index in [2.05, 4.69) is 4.98 Å². The summed E-state index contributed by atoms with van der Waals surface area (Å²) in [6, 6.07) is 19.4. The van der Waals surface area contributed by atoms with Crippen LogP contribution in [0.5, 0.6) is 11.5 Å². The van der Waals surface area contributed by atoms with Gasteiger partial charge < -0.3 is 14.6 Å². The van der Waals surface area contributed by atoms with Crippen LogP contribution >= 0.6 is 0 Å². The van der Waals surface area contributed by atoms with Gasteiger partial charge in [0.1, 0.15) is 11.5 Å². The second kappa shape index (κ2) is 7.15. The molecule has 0 unspecified atom stereocenters. The smallest absolute Gasteiger partial charge is 0.118 e. The third-order valence-electron chi connectivity index (χ3n) is 3.88. The van der Waals surface area contributed by atoms with E-state index in [0.717, 1.165) is 33.9 Å². The van der Waals surface area contributed by atoms with E-state index < -0.39 is 0 Å². The summed E-state index contributed by atoms with van der Waals surface area (Å²) in [4.78, 5) is 4.61. The standard InChI is InChI=1S/C20H19NO3/c1-23-17-8-3-14(4-9-17)19-12-7-16(13-22)21-20(19)15-5-10-18(24-2)11-6-15/h3-12,22H,13H2,1-2H3. The Bertz CT molecular complexity index is 811. The molecule has 0 aliphatic carbocycles. The first-order valence-corrected chi connectivity index (χ1v) is 7.65. The van der Waals surface area contributed by atoms with E-state index in [9.17, 15) is 5.11 Å². The van der Waals surface area contributed by atoms with E-state index in [1.165, 1.54) is 0 Å². The van der Waals surface area contributed by atoms with E-state index >= 15 is 0 Å². The molecule has 3 aromatic rings. The second-order valence-electron chi connectivity index (χ2n) is 5.31. The van der Waals surface area contributed by atoms with Gasteiger partial charge in [0.2, 0.25) is 0 Å². The topological polar surface area (TPSA) is 51.6 Å². The quantitative estimate of drug-likeness (QED) is 0.774. The summed E-state index contributed by atoms with van der Waals surface area (Å²) < 4.78 is 10.4. The van der Waals surface area contributed by atoms with Gasteiger partial charge >= 0.3 is 0 Å². The molecule has 0 aliphatic rings. The molecule has 2 aromatic carbocycles. The van der Waals surface area contributed by atoms with E-state index in [1.807, 2.05) is 60.7 Å². The van der Waals surface area contributed by atoms with Crippen LogP contribution in [-0.2, 0) is 6.61 Å². The monoisotopic (exact) mass is 321 g/mol. The van der Waals surface area contributed by atoms with E-state index in [1.54, 1.807) is 14.2 Å². The van der Waals surface area contributed by atoms with Crippen molar-refractivity contribution in [2.45, 2.75) is 6.61 Å². The Morgan fingerprint density at radius 3 is 1.79 bits per heavy atom. The average Bonchev–Trinajstić information content (AvgIpc) is 2.67. The van der Waals surface area contributed by atoms with Crippen LogP contribution in [0.15, 0.2) is 60.7 Å². The lowest BCUT2D eigenvalue weighted by Crippen LogP contribution is -1.95. The number of nitrogens with zero attached hydrogens (tertiary/aromatic N) is 1. The summed E-state index contributed by atoms with van der Waals surface area (Å²) in [6.07, 6.45) is 0. The van der Waals surface area contributed by atoms with Gasteiger partial charge in [0, 0.05) is 11.1 Å². The van der Waals surface area contributed by atoms with Crippen LogP contribution in [0.3, 0.4) is 0 Å². The summed E-state index contributed by atoms with van der Waals surface area (Å²) in [5.74, 6) is 1.60. The van der Waals surface area contributed by atoms with Gasteiger partial charge in [-0.3, -0.25) is 0 Å². The van der Waals surface area contributed by atoms with Crippen molar-refractivity contribution in [1.29, 1.82) is 0 Å². The molecule has 0 radical (unpaired) electrons. The minimum atomic E-state index is -0.0912. The number of hydrogen-bond acceptors (Lipinski definition) is 4. The summed E-state index contributed by atoms with van der Waals surface area (Å²) in [7, 11) is 3.29. The summed E-state index contributed by atoms with van der Waals surface area (Å²) in [5.41, 5.74) is 4.47. The Morgan fingerprint density at radius 1 is 0.750 bits per heavy atom. The highest BCUT2D eigenvalue weighted by Crippen LogP contribution is 2.32. The third-order valence-corrected chi connectivity index (χ3v) is 3.88. The molecule has 1 aromatic heterocycles. The molecular formula is C20H19NO3. The highest BCUT2D eigenvalue weighted by molar-refractivity contribution is 5.81. The molecule has 1 N–H and O–H groups in total. The van der Waals surface area contributed by atoms with Gasteiger partial charge in [-0.1, -0.05) is 18.2 Å². The summed E-state index contributed by atoms with van der Waals surface area (Å²) in [6.45, 7) is -0.0912. The molecule has 0 saturated heterocycles. The molecule has 122 valence electrons. The van der Waals surface area contributed by atoms with Crippen molar-refractivity contribution in [2.24, 2.45) is 0 Å². The zero-order valence-electron chi connectivity index (χ0n) is 13.7. The fourth-order valence-corrected chi connectivity index (χ4v) is 2.56. The molecule has 0 amide bonds. The first-order chi connectivity index (χ1) is 11.7. The maximum atomic E-state index is 9.42. The minimum Gasteiger partial charge on any atom is -0.497 e. The van der Waals surface area contributed by atoms with Gasteiger partial charge in [-0.05, 0) is 48.0 Å². The Labute approximate surface area is 141 Å². The van der Waals surface area contributed by atoms with Gasteiger partial charge in [-0.25, -0.2) is 4.98 Å². The predicted molar refractivity (Wildman–Crippen MR) is 94.1 cm³/mol. The molecule has 0 aliphatic heterocycles. The SMILES string of the molecule is COc1ccc(-c2ccc(CO)nc2-c2ccc(OC)cc2)cc1. The lowest BCUT2D eigenvalue weighted by atomic mass is 9.98. The Morgan fingerprint density at radius 2 is 1.29 bits per heavy atom. The Hall–Kier alpha value is -2.85. The zero-order valence-corrected chi connectivity index (χ0v) is 13.7. The number of hydrogen-bond donors (Lipinski definition) is 1. The molecule has 4 heteroatoms. The highest BCUT2D eigenvalue weighted by atomic mass is 16.5. The van der Waals surface area contributed by atoms with Crippen LogP contribution in [0.2, 0.25) is 0 Å². The Kier molecular flexibility index (Phi) is 4.77. The van der Waals surface area contributed by atoms with Crippen molar-refractivity contribution < 1.29 is 14.6 Å². The lowest BCUT2D eigenvalue weighted by Gasteiger charge is -2.12. The number of methoxy groups -OCH3 is 2. The molecule has 4 nitrogen and oxygen atoms in total. The van der Waals surface area contributed by atoms with Crippen molar-refractivity contribution in [1.82, 2.24) is 4.98 Å². The second-order valence-corrected chi connectivity index (χ2v) is 5.31. The van der Waals surface area contributed by atoms with Crippen molar-refractivity contribution in [3.63, 3.8) is 0 Å². The summed E-state index contributed by atoms with van der Waals surface area (Å²) >= 11 is 0. The summed E-state index contributed by atoms with van der Waals surface area (Å²) in [5, 5.41) is 9.42. The van der Waals surface area contributed by atoms with Gasteiger partial charge in [0.25, 0.3) is 0 Å². The van der Waals surface area contributed by atoms with E-state index in [0.29, 0.717) is 5.69 Å². The maximum Gasteiger partial charge on any atom is 0.118 e. The fraction of sp³-hybridized carbons (Fsp3) is 0.150. The van der Waals surface area contributed by atoms with Crippen molar-refractivity contribution >= 4 is 0 Å². The molecular weight excluding hydrogens is 302 g/mol. The molecule has 0 bridgehead atoms. The third kappa shape index (κ3) is 3.24. The van der Waals surface area contributed by atoms with E-state index in [4.69, 9.17) is 9.47 Å². The van der Waals surface area contributed by atoms with Crippen molar-refractivity contribution in [2.75, 3.05) is 14.2 Å². The Balaban J connectivity index is 2.10. The number of ether oxygens (including phenoxy) is 2. The van der Waals surface area contributed by atoms with Gasteiger partial charge in [-0.15, -0.1) is 0 Å². The van der Waals surface area contributed by atoms with Crippen LogP contribution in [0.4, 0.5) is 0 Å². The van der Waals surface area contributed by atoms with E-state index in [-0.39, 0.29) is 6.61 Å². The van der Waals surface area contributed by atoms with Crippen LogP contribution < -0.4 is 9.47 Å². The first kappa shape index (κ1) is 16.0.